The molecule has 0 spiro atoms. The highest BCUT2D eigenvalue weighted by Gasteiger charge is 2.08. The van der Waals surface area contributed by atoms with Crippen LogP contribution in [0.25, 0.3) is 0 Å². The van der Waals surface area contributed by atoms with Gasteiger partial charge in [0.05, 0.1) is 0 Å². The van der Waals surface area contributed by atoms with Gasteiger partial charge in [-0.25, -0.2) is 0 Å². The van der Waals surface area contributed by atoms with Crippen LogP contribution in [0.4, 0.5) is 0 Å². The minimum atomic E-state index is 1.17. The fraction of sp³-hybridized carbons (Fsp3) is 0.625. The van der Waals surface area contributed by atoms with E-state index in [1.54, 1.807) is 0 Å². The molecule has 2 heteroatoms. The fourth-order valence-electron chi connectivity index (χ4n) is 2.49. The first kappa shape index (κ1) is 14.0. The third-order valence-electron chi connectivity index (χ3n) is 3.57. The van der Waals surface area contributed by atoms with E-state index in [1.165, 1.54) is 68.8 Å². The van der Waals surface area contributed by atoms with Gasteiger partial charge in [0.2, 0.25) is 0 Å². The van der Waals surface area contributed by atoms with Crippen molar-refractivity contribution in [3.63, 3.8) is 0 Å². The predicted octanol–water partition coefficient (Wildman–Crippen LogP) is 4.19. The minimum Gasteiger partial charge on any atom is -0.303 e. The second kappa shape index (κ2) is 8.60. The van der Waals surface area contributed by atoms with Crippen LogP contribution in [0, 0.1) is 0 Å². The van der Waals surface area contributed by atoms with Crippen LogP contribution in [-0.2, 0) is 5.75 Å². The van der Waals surface area contributed by atoms with Gasteiger partial charge in [0, 0.05) is 5.75 Å². The van der Waals surface area contributed by atoms with Gasteiger partial charge in [0.1, 0.15) is 0 Å². The fourth-order valence-corrected chi connectivity index (χ4v) is 3.47. The van der Waals surface area contributed by atoms with Crippen LogP contribution in [0.2, 0.25) is 0 Å². The maximum absolute atomic E-state index is 2.64. The lowest BCUT2D eigenvalue weighted by atomic mass is 10.1. The maximum Gasteiger partial charge on any atom is 0.0184 e. The summed E-state index contributed by atoms with van der Waals surface area (Å²) in [6.07, 6.45) is 7.03. The molecule has 0 amide bonds. The summed E-state index contributed by atoms with van der Waals surface area (Å²) in [7, 11) is 0. The number of hydrogen-bond acceptors (Lipinski definition) is 2. The summed E-state index contributed by atoms with van der Waals surface area (Å²) in [6, 6.07) is 10.8. The number of hydrogen-bond donors (Lipinski definition) is 0. The first-order valence-electron chi connectivity index (χ1n) is 7.29. The van der Waals surface area contributed by atoms with E-state index in [0.717, 1.165) is 0 Å². The molecular formula is C16H25NS. The Morgan fingerprint density at radius 2 is 1.72 bits per heavy atom. The summed E-state index contributed by atoms with van der Waals surface area (Å²) in [5, 5.41) is 0. The molecule has 1 fully saturated rings. The molecule has 1 saturated heterocycles. The zero-order valence-electron chi connectivity index (χ0n) is 11.3. The van der Waals surface area contributed by atoms with Gasteiger partial charge in [0.15, 0.2) is 0 Å². The largest absolute Gasteiger partial charge is 0.303 e. The number of rotatable bonds is 7. The van der Waals surface area contributed by atoms with Gasteiger partial charge in [-0.2, -0.15) is 11.8 Å². The maximum atomic E-state index is 2.64. The Labute approximate surface area is 116 Å². The van der Waals surface area contributed by atoms with Gasteiger partial charge in [-0.15, -0.1) is 0 Å². The van der Waals surface area contributed by atoms with Crippen molar-refractivity contribution in [3.8, 4) is 0 Å². The first-order chi connectivity index (χ1) is 8.95. The molecule has 0 aliphatic carbocycles. The van der Waals surface area contributed by atoms with E-state index in [9.17, 15) is 0 Å². The Hall–Kier alpha value is -0.470. The van der Waals surface area contributed by atoms with E-state index in [4.69, 9.17) is 0 Å². The summed E-state index contributed by atoms with van der Waals surface area (Å²) >= 11 is 2.07. The average Bonchev–Trinajstić information content (AvgIpc) is 2.45. The monoisotopic (exact) mass is 263 g/mol. The van der Waals surface area contributed by atoms with Gasteiger partial charge in [-0.1, -0.05) is 36.8 Å². The van der Waals surface area contributed by atoms with E-state index >= 15 is 0 Å². The smallest absolute Gasteiger partial charge is 0.0184 e. The highest BCUT2D eigenvalue weighted by Crippen LogP contribution is 2.14. The number of nitrogens with zero attached hydrogens (tertiary/aromatic N) is 1. The Morgan fingerprint density at radius 3 is 2.50 bits per heavy atom. The van der Waals surface area contributed by atoms with Crippen molar-refractivity contribution in [2.75, 3.05) is 25.4 Å². The molecule has 100 valence electrons. The van der Waals surface area contributed by atoms with Gasteiger partial charge < -0.3 is 4.90 Å². The minimum absolute atomic E-state index is 1.17. The van der Waals surface area contributed by atoms with Gasteiger partial charge in [-0.3, -0.25) is 0 Å². The molecule has 1 nitrogen and oxygen atoms in total. The number of piperidine rings is 1. The molecule has 0 bridgehead atoms. The van der Waals surface area contributed by atoms with Gasteiger partial charge in [0.25, 0.3) is 0 Å². The van der Waals surface area contributed by atoms with Crippen molar-refractivity contribution in [2.45, 2.75) is 37.9 Å². The molecular weight excluding hydrogens is 238 g/mol. The molecule has 1 aromatic carbocycles. The van der Waals surface area contributed by atoms with Crippen molar-refractivity contribution in [2.24, 2.45) is 0 Å². The molecule has 1 aliphatic heterocycles. The summed E-state index contributed by atoms with van der Waals surface area (Å²) in [5.41, 5.74) is 1.46. The molecule has 0 N–H and O–H groups in total. The van der Waals surface area contributed by atoms with E-state index in [-0.39, 0.29) is 0 Å². The Balaban J connectivity index is 1.46. The quantitative estimate of drug-likeness (QED) is 0.679. The average molecular weight is 263 g/mol. The van der Waals surface area contributed by atoms with Crippen LogP contribution in [0.1, 0.15) is 37.7 Å². The summed E-state index contributed by atoms with van der Waals surface area (Å²) in [4.78, 5) is 2.64. The Kier molecular flexibility index (Phi) is 6.67. The van der Waals surface area contributed by atoms with Crippen molar-refractivity contribution in [1.82, 2.24) is 4.90 Å². The predicted molar refractivity (Wildman–Crippen MR) is 82.1 cm³/mol. The summed E-state index contributed by atoms with van der Waals surface area (Å²) in [5.74, 6) is 2.48. The lowest BCUT2D eigenvalue weighted by molar-refractivity contribution is 0.226. The number of thioether (sulfide) groups is 1. The third-order valence-corrected chi connectivity index (χ3v) is 4.69. The van der Waals surface area contributed by atoms with Crippen LogP contribution in [0.15, 0.2) is 30.3 Å². The molecule has 2 rings (SSSR count). The highest BCUT2D eigenvalue weighted by atomic mass is 32.2. The van der Waals surface area contributed by atoms with Crippen molar-refractivity contribution < 1.29 is 0 Å². The van der Waals surface area contributed by atoms with Crippen LogP contribution < -0.4 is 0 Å². The van der Waals surface area contributed by atoms with Crippen molar-refractivity contribution >= 4 is 11.8 Å². The Morgan fingerprint density at radius 1 is 0.944 bits per heavy atom. The van der Waals surface area contributed by atoms with Crippen LogP contribution in [-0.4, -0.2) is 30.3 Å². The second-order valence-electron chi connectivity index (χ2n) is 5.15. The molecule has 0 unspecified atom stereocenters. The summed E-state index contributed by atoms with van der Waals surface area (Å²) in [6.45, 7) is 4.01. The summed E-state index contributed by atoms with van der Waals surface area (Å²) < 4.78 is 0. The lowest BCUT2D eigenvalue weighted by Gasteiger charge is -2.26. The molecule has 1 aliphatic rings. The third kappa shape index (κ3) is 5.45. The molecule has 18 heavy (non-hydrogen) atoms. The second-order valence-corrected chi connectivity index (χ2v) is 6.25. The van der Waals surface area contributed by atoms with E-state index in [1.807, 2.05) is 0 Å². The first-order valence-corrected chi connectivity index (χ1v) is 8.44. The number of likely N-dealkylation sites (tertiary alicyclic amines) is 1. The molecule has 0 atom stereocenters. The molecule has 1 aromatic rings. The van der Waals surface area contributed by atoms with Crippen LogP contribution in [0.5, 0.6) is 0 Å². The SMILES string of the molecule is c1ccc(CSCCCCN2CCCCC2)cc1. The van der Waals surface area contributed by atoms with E-state index in [0.29, 0.717) is 0 Å². The zero-order valence-corrected chi connectivity index (χ0v) is 12.1. The van der Waals surface area contributed by atoms with E-state index in [2.05, 4.69) is 47.0 Å². The molecule has 0 aromatic heterocycles. The van der Waals surface area contributed by atoms with E-state index < -0.39 is 0 Å². The van der Waals surface area contributed by atoms with Crippen LogP contribution >= 0.6 is 11.8 Å². The standard InChI is InChI=1S/C16H25NS/c1-3-9-16(10-4-1)15-18-14-8-7-13-17-11-5-2-6-12-17/h1,3-4,9-10H,2,5-8,11-15H2. The highest BCUT2D eigenvalue weighted by molar-refractivity contribution is 7.98. The van der Waals surface area contributed by atoms with Crippen LogP contribution in [0.3, 0.4) is 0 Å². The van der Waals surface area contributed by atoms with Crippen molar-refractivity contribution in [3.05, 3.63) is 35.9 Å². The molecule has 0 radical (unpaired) electrons. The zero-order chi connectivity index (χ0) is 12.5. The molecule has 0 saturated carbocycles. The lowest BCUT2D eigenvalue weighted by Crippen LogP contribution is -2.30. The number of benzene rings is 1. The van der Waals surface area contributed by atoms with Crippen molar-refractivity contribution in [1.29, 1.82) is 0 Å². The van der Waals surface area contributed by atoms with Gasteiger partial charge in [-0.05, 0) is 56.6 Å². The number of unbranched alkanes of at least 4 members (excludes halogenated alkanes) is 1. The normalized spacial score (nSPS) is 16.9. The van der Waals surface area contributed by atoms with Gasteiger partial charge >= 0.3 is 0 Å². The topological polar surface area (TPSA) is 3.24 Å². The Bertz CT molecular complexity index is 306. The molecule has 1 heterocycles.